The molecule has 1 fully saturated rings. The van der Waals surface area contributed by atoms with Crippen LogP contribution in [0.4, 0.5) is 5.69 Å². The molecule has 0 unspecified atom stereocenters. The molecule has 3 nitrogen and oxygen atoms in total. The van der Waals surface area contributed by atoms with Gasteiger partial charge in [-0.3, -0.25) is 4.79 Å². The van der Waals surface area contributed by atoms with E-state index in [1.54, 1.807) is 11.8 Å². The lowest BCUT2D eigenvalue weighted by molar-refractivity contribution is -0.124. The van der Waals surface area contributed by atoms with Gasteiger partial charge in [-0.2, -0.15) is 0 Å². The first-order valence-corrected chi connectivity index (χ1v) is 7.58. The first kappa shape index (κ1) is 13.4. The van der Waals surface area contributed by atoms with E-state index in [1.165, 1.54) is 0 Å². The van der Waals surface area contributed by atoms with Gasteiger partial charge in [0.15, 0.2) is 0 Å². The Kier molecular flexibility index (Phi) is 4.30. The molecule has 18 heavy (non-hydrogen) atoms. The lowest BCUT2D eigenvalue weighted by atomic mass is 9.85. The van der Waals surface area contributed by atoms with Crippen LogP contribution in [0, 0.1) is 5.41 Å². The normalized spacial score (nSPS) is 17.7. The van der Waals surface area contributed by atoms with Crippen LogP contribution in [0.3, 0.4) is 0 Å². The average molecular weight is 264 g/mol. The molecule has 3 N–H and O–H groups in total. The number of amides is 1. The van der Waals surface area contributed by atoms with E-state index in [4.69, 9.17) is 5.73 Å². The Morgan fingerprint density at radius 3 is 2.78 bits per heavy atom. The molecule has 0 heterocycles. The Morgan fingerprint density at radius 1 is 1.44 bits per heavy atom. The van der Waals surface area contributed by atoms with E-state index >= 15 is 0 Å². The zero-order valence-electron chi connectivity index (χ0n) is 10.7. The molecule has 1 aliphatic carbocycles. The fraction of sp³-hybridized carbons (Fsp3) is 0.500. The predicted molar refractivity (Wildman–Crippen MR) is 76.8 cm³/mol. The van der Waals surface area contributed by atoms with Crippen LogP contribution in [0.1, 0.15) is 25.7 Å². The molecule has 0 aliphatic heterocycles. The summed E-state index contributed by atoms with van der Waals surface area (Å²) in [5, 5.41) is 3.02. The van der Waals surface area contributed by atoms with Crippen molar-refractivity contribution in [2.75, 3.05) is 18.1 Å². The van der Waals surface area contributed by atoms with E-state index in [9.17, 15) is 4.79 Å². The van der Waals surface area contributed by atoms with Gasteiger partial charge in [-0.15, -0.1) is 11.8 Å². The first-order chi connectivity index (χ1) is 8.70. The summed E-state index contributed by atoms with van der Waals surface area (Å²) in [6.45, 7) is 0.445. The summed E-state index contributed by atoms with van der Waals surface area (Å²) in [4.78, 5) is 13.5. The summed E-state index contributed by atoms with van der Waals surface area (Å²) in [7, 11) is 0. The topological polar surface area (TPSA) is 55.1 Å². The van der Waals surface area contributed by atoms with Gasteiger partial charge in [-0.25, -0.2) is 0 Å². The third-order valence-electron chi connectivity index (χ3n) is 3.76. The Hall–Kier alpha value is -1.00. The fourth-order valence-electron chi connectivity index (χ4n) is 2.54. The zero-order valence-corrected chi connectivity index (χ0v) is 11.6. The Bertz CT molecular complexity index is 428. The largest absolute Gasteiger partial charge is 0.329 e. The van der Waals surface area contributed by atoms with Crippen molar-refractivity contribution in [3.63, 3.8) is 0 Å². The zero-order chi connectivity index (χ0) is 13.0. The van der Waals surface area contributed by atoms with Gasteiger partial charge >= 0.3 is 0 Å². The van der Waals surface area contributed by atoms with Gasteiger partial charge in [0.1, 0.15) is 0 Å². The molecule has 98 valence electrons. The molecule has 0 radical (unpaired) electrons. The Balaban J connectivity index is 2.10. The SMILES string of the molecule is CSc1cccc(NC(=O)C2(CN)CCCC2)c1. The van der Waals surface area contributed by atoms with Crippen molar-refractivity contribution in [1.82, 2.24) is 0 Å². The summed E-state index contributed by atoms with van der Waals surface area (Å²) in [6.07, 6.45) is 6.07. The Morgan fingerprint density at radius 2 is 2.17 bits per heavy atom. The van der Waals surface area contributed by atoms with Crippen LogP contribution in [0.25, 0.3) is 0 Å². The number of nitrogens with one attached hydrogen (secondary N) is 1. The molecule has 0 saturated heterocycles. The third-order valence-corrected chi connectivity index (χ3v) is 4.49. The highest BCUT2D eigenvalue weighted by Crippen LogP contribution is 2.38. The summed E-state index contributed by atoms with van der Waals surface area (Å²) in [5.74, 6) is 0.0840. The van der Waals surface area contributed by atoms with Crippen LogP contribution >= 0.6 is 11.8 Å². The highest BCUT2D eigenvalue weighted by molar-refractivity contribution is 7.98. The monoisotopic (exact) mass is 264 g/mol. The number of rotatable bonds is 4. The summed E-state index contributed by atoms with van der Waals surface area (Å²) < 4.78 is 0. The molecule has 0 bridgehead atoms. The standard InChI is InChI=1S/C14H20N2OS/c1-18-12-6-4-5-11(9-12)16-13(17)14(10-15)7-2-3-8-14/h4-6,9H,2-3,7-8,10,15H2,1H3,(H,16,17). The van der Waals surface area contributed by atoms with Crippen LogP contribution in [-0.2, 0) is 4.79 Å². The van der Waals surface area contributed by atoms with Gasteiger partial charge < -0.3 is 11.1 Å². The van der Waals surface area contributed by atoms with Crippen molar-refractivity contribution >= 4 is 23.4 Å². The second kappa shape index (κ2) is 5.76. The first-order valence-electron chi connectivity index (χ1n) is 6.36. The third kappa shape index (κ3) is 2.70. The minimum absolute atomic E-state index is 0.0840. The van der Waals surface area contributed by atoms with E-state index in [2.05, 4.69) is 5.32 Å². The van der Waals surface area contributed by atoms with Gasteiger partial charge in [0.05, 0.1) is 5.41 Å². The highest BCUT2D eigenvalue weighted by atomic mass is 32.2. The van der Waals surface area contributed by atoms with Crippen molar-refractivity contribution in [2.24, 2.45) is 11.1 Å². The van der Waals surface area contributed by atoms with E-state index in [1.807, 2.05) is 30.5 Å². The summed E-state index contributed by atoms with van der Waals surface area (Å²) >= 11 is 1.67. The molecule has 0 spiro atoms. The second-order valence-corrected chi connectivity index (χ2v) is 5.76. The van der Waals surface area contributed by atoms with Gasteiger partial charge in [0.25, 0.3) is 0 Å². The number of thioether (sulfide) groups is 1. The van der Waals surface area contributed by atoms with Gasteiger partial charge in [-0.1, -0.05) is 18.9 Å². The second-order valence-electron chi connectivity index (χ2n) is 4.88. The maximum absolute atomic E-state index is 12.4. The van der Waals surface area contributed by atoms with Crippen molar-refractivity contribution in [2.45, 2.75) is 30.6 Å². The molecule has 1 saturated carbocycles. The minimum atomic E-state index is -0.338. The molecule has 1 aromatic carbocycles. The molecule has 0 atom stereocenters. The number of hydrogen-bond acceptors (Lipinski definition) is 3. The summed E-state index contributed by atoms with van der Waals surface area (Å²) in [5.41, 5.74) is 6.34. The van der Waals surface area contributed by atoms with E-state index in [0.717, 1.165) is 36.3 Å². The maximum atomic E-state index is 12.4. The number of anilines is 1. The number of hydrogen-bond donors (Lipinski definition) is 2. The lowest BCUT2D eigenvalue weighted by Crippen LogP contribution is -2.40. The quantitative estimate of drug-likeness (QED) is 0.822. The molecule has 1 amide bonds. The maximum Gasteiger partial charge on any atom is 0.231 e. The van der Waals surface area contributed by atoms with Gasteiger partial charge in [-0.05, 0) is 37.3 Å². The smallest absolute Gasteiger partial charge is 0.231 e. The van der Waals surface area contributed by atoms with Gasteiger partial charge in [0.2, 0.25) is 5.91 Å². The van der Waals surface area contributed by atoms with E-state index in [0.29, 0.717) is 6.54 Å². The van der Waals surface area contributed by atoms with Crippen molar-refractivity contribution in [3.05, 3.63) is 24.3 Å². The number of benzene rings is 1. The van der Waals surface area contributed by atoms with Gasteiger partial charge in [0, 0.05) is 17.1 Å². The van der Waals surface area contributed by atoms with Crippen LogP contribution in [0.15, 0.2) is 29.2 Å². The van der Waals surface area contributed by atoms with Crippen molar-refractivity contribution in [3.8, 4) is 0 Å². The van der Waals surface area contributed by atoms with Crippen LogP contribution in [0.5, 0.6) is 0 Å². The van der Waals surface area contributed by atoms with Crippen LogP contribution in [0.2, 0.25) is 0 Å². The number of carbonyl (C=O) groups excluding carboxylic acids is 1. The van der Waals surface area contributed by atoms with Crippen LogP contribution in [-0.4, -0.2) is 18.7 Å². The molecular formula is C14H20N2OS. The van der Waals surface area contributed by atoms with Crippen molar-refractivity contribution in [1.29, 1.82) is 0 Å². The minimum Gasteiger partial charge on any atom is -0.329 e. The summed E-state index contributed by atoms with van der Waals surface area (Å²) in [6, 6.07) is 7.93. The molecule has 1 aromatic rings. The molecular weight excluding hydrogens is 244 g/mol. The molecule has 0 aromatic heterocycles. The van der Waals surface area contributed by atoms with E-state index < -0.39 is 0 Å². The molecule has 1 aliphatic rings. The fourth-order valence-corrected chi connectivity index (χ4v) is 3.00. The molecule has 2 rings (SSSR count). The van der Waals surface area contributed by atoms with Crippen molar-refractivity contribution < 1.29 is 4.79 Å². The number of nitrogens with two attached hydrogens (primary N) is 1. The highest BCUT2D eigenvalue weighted by Gasteiger charge is 2.39. The van der Waals surface area contributed by atoms with Crippen LogP contribution < -0.4 is 11.1 Å². The lowest BCUT2D eigenvalue weighted by Gasteiger charge is -2.25. The average Bonchev–Trinajstić information content (AvgIpc) is 2.89. The van der Waals surface area contributed by atoms with E-state index in [-0.39, 0.29) is 11.3 Å². The molecule has 4 heteroatoms. The number of carbonyl (C=O) groups is 1. The Labute approximate surface area is 113 Å². The predicted octanol–water partition coefficient (Wildman–Crippen LogP) is 2.87.